The summed E-state index contributed by atoms with van der Waals surface area (Å²) in [6, 6.07) is 10.6. The number of nitrogens with one attached hydrogen (secondary N) is 1. The molecule has 0 spiro atoms. The summed E-state index contributed by atoms with van der Waals surface area (Å²) in [6.45, 7) is 6.20. The number of pyridine rings is 1. The Morgan fingerprint density at radius 3 is 2.22 bits per heavy atom. The van der Waals surface area contributed by atoms with Crippen molar-refractivity contribution in [2.75, 3.05) is 7.11 Å². The maximum absolute atomic E-state index is 12.7. The van der Waals surface area contributed by atoms with Crippen molar-refractivity contribution in [3.63, 3.8) is 0 Å². The smallest absolute Gasteiger partial charge is 0.242 e. The van der Waals surface area contributed by atoms with E-state index in [0.29, 0.717) is 13.1 Å². The topological polar surface area (TPSA) is 71.5 Å². The van der Waals surface area contributed by atoms with Crippen molar-refractivity contribution in [2.24, 2.45) is 5.92 Å². The molecular formula is C21H27N3O3. The van der Waals surface area contributed by atoms with Crippen molar-refractivity contribution in [1.82, 2.24) is 15.2 Å². The molecule has 144 valence electrons. The predicted molar refractivity (Wildman–Crippen MR) is 104 cm³/mol. The molecule has 6 heteroatoms. The summed E-state index contributed by atoms with van der Waals surface area (Å²) >= 11 is 0. The standard InChI is InChI=1S/C21H27N3O3/c1-15(2)21(26)24(14-18-5-7-19(27-4)8-6-18)16(3)20(25)23-13-17-9-11-22-12-10-17/h5-12,15-16H,13-14H2,1-4H3,(H,23,25). The number of carbonyl (C=O) groups is 2. The van der Waals surface area contributed by atoms with Gasteiger partial charge in [-0.25, -0.2) is 0 Å². The Kier molecular flexibility index (Phi) is 7.34. The van der Waals surface area contributed by atoms with Gasteiger partial charge in [0.15, 0.2) is 0 Å². The van der Waals surface area contributed by atoms with Crippen LogP contribution in [0.3, 0.4) is 0 Å². The summed E-state index contributed by atoms with van der Waals surface area (Å²) in [5.41, 5.74) is 1.90. The number of rotatable bonds is 8. The van der Waals surface area contributed by atoms with Gasteiger partial charge in [-0.1, -0.05) is 26.0 Å². The fraction of sp³-hybridized carbons (Fsp3) is 0.381. The lowest BCUT2D eigenvalue weighted by Gasteiger charge is -2.30. The summed E-state index contributed by atoms with van der Waals surface area (Å²) in [5, 5.41) is 2.90. The van der Waals surface area contributed by atoms with E-state index in [0.717, 1.165) is 16.9 Å². The second-order valence-corrected chi connectivity index (χ2v) is 6.72. The lowest BCUT2D eigenvalue weighted by molar-refractivity contribution is -0.143. The van der Waals surface area contributed by atoms with Crippen LogP contribution in [0.1, 0.15) is 31.9 Å². The summed E-state index contributed by atoms with van der Waals surface area (Å²) in [4.78, 5) is 30.9. The normalized spacial score (nSPS) is 11.7. The molecule has 2 amide bonds. The molecule has 2 rings (SSSR count). The number of ether oxygens (including phenoxy) is 1. The van der Waals surface area contributed by atoms with E-state index in [1.807, 2.05) is 50.2 Å². The first kappa shape index (κ1) is 20.4. The summed E-state index contributed by atoms with van der Waals surface area (Å²) in [6.07, 6.45) is 3.37. The zero-order valence-corrected chi connectivity index (χ0v) is 16.3. The molecule has 1 atom stereocenters. The third kappa shape index (κ3) is 5.81. The van der Waals surface area contributed by atoms with Crippen molar-refractivity contribution in [3.05, 3.63) is 59.9 Å². The van der Waals surface area contributed by atoms with Gasteiger partial charge < -0.3 is 15.0 Å². The minimum absolute atomic E-state index is 0.0580. The summed E-state index contributed by atoms with van der Waals surface area (Å²) in [7, 11) is 1.61. The SMILES string of the molecule is COc1ccc(CN(C(=O)C(C)C)C(C)C(=O)NCc2ccncc2)cc1. The van der Waals surface area contributed by atoms with Crippen molar-refractivity contribution in [3.8, 4) is 5.75 Å². The number of nitrogens with zero attached hydrogens (tertiary/aromatic N) is 2. The monoisotopic (exact) mass is 369 g/mol. The van der Waals surface area contributed by atoms with E-state index < -0.39 is 6.04 Å². The van der Waals surface area contributed by atoms with Crippen molar-refractivity contribution in [1.29, 1.82) is 0 Å². The largest absolute Gasteiger partial charge is 0.497 e. The number of hydrogen-bond acceptors (Lipinski definition) is 4. The van der Waals surface area contributed by atoms with E-state index in [2.05, 4.69) is 10.3 Å². The molecule has 0 aliphatic rings. The van der Waals surface area contributed by atoms with Crippen LogP contribution >= 0.6 is 0 Å². The van der Waals surface area contributed by atoms with E-state index in [1.165, 1.54) is 0 Å². The zero-order valence-electron chi connectivity index (χ0n) is 16.3. The van der Waals surface area contributed by atoms with E-state index in [1.54, 1.807) is 31.3 Å². The van der Waals surface area contributed by atoms with Gasteiger partial charge in [0.2, 0.25) is 11.8 Å². The number of methoxy groups -OCH3 is 1. The number of hydrogen-bond donors (Lipinski definition) is 1. The van der Waals surface area contributed by atoms with Crippen LogP contribution in [0.4, 0.5) is 0 Å². The van der Waals surface area contributed by atoms with E-state index in [-0.39, 0.29) is 17.7 Å². The maximum Gasteiger partial charge on any atom is 0.242 e. The molecule has 0 aliphatic carbocycles. The van der Waals surface area contributed by atoms with Crippen LogP contribution < -0.4 is 10.1 Å². The molecule has 0 bridgehead atoms. The lowest BCUT2D eigenvalue weighted by Crippen LogP contribution is -2.48. The highest BCUT2D eigenvalue weighted by molar-refractivity contribution is 5.88. The predicted octanol–water partition coefficient (Wildman–Crippen LogP) is 2.78. The van der Waals surface area contributed by atoms with Crippen LogP contribution in [0, 0.1) is 5.92 Å². The molecule has 0 fully saturated rings. The first-order valence-electron chi connectivity index (χ1n) is 9.02. The van der Waals surface area contributed by atoms with Crippen molar-refractivity contribution >= 4 is 11.8 Å². The zero-order chi connectivity index (χ0) is 19.8. The maximum atomic E-state index is 12.7. The molecule has 0 saturated carbocycles. The third-order valence-electron chi connectivity index (χ3n) is 4.35. The third-order valence-corrected chi connectivity index (χ3v) is 4.35. The minimum Gasteiger partial charge on any atom is -0.497 e. The van der Waals surface area contributed by atoms with Crippen molar-refractivity contribution in [2.45, 2.75) is 39.9 Å². The molecule has 1 unspecified atom stereocenters. The molecule has 0 saturated heterocycles. The molecule has 1 aromatic carbocycles. The van der Waals surface area contributed by atoms with Gasteiger partial charge in [0.25, 0.3) is 0 Å². The molecule has 0 aliphatic heterocycles. The van der Waals surface area contributed by atoms with E-state index in [4.69, 9.17) is 4.74 Å². The van der Waals surface area contributed by atoms with Gasteiger partial charge in [0.05, 0.1) is 7.11 Å². The highest BCUT2D eigenvalue weighted by Gasteiger charge is 2.27. The lowest BCUT2D eigenvalue weighted by atomic mass is 10.1. The Bertz CT molecular complexity index is 745. The average molecular weight is 369 g/mol. The van der Waals surface area contributed by atoms with Crippen LogP contribution in [0.2, 0.25) is 0 Å². The van der Waals surface area contributed by atoms with Gasteiger partial charge in [0.1, 0.15) is 11.8 Å². The Balaban J connectivity index is 2.09. The highest BCUT2D eigenvalue weighted by Crippen LogP contribution is 2.16. The van der Waals surface area contributed by atoms with E-state index in [9.17, 15) is 9.59 Å². The van der Waals surface area contributed by atoms with Crippen LogP contribution in [-0.2, 0) is 22.7 Å². The van der Waals surface area contributed by atoms with Crippen LogP contribution in [0.15, 0.2) is 48.8 Å². The van der Waals surface area contributed by atoms with Gasteiger partial charge in [-0.15, -0.1) is 0 Å². The molecule has 27 heavy (non-hydrogen) atoms. The van der Waals surface area contributed by atoms with Crippen LogP contribution in [0.5, 0.6) is 5.75 Å². The van der Waals surface area contributed by atoms with Crippen LogP contribution in [-0.4, -0.2) is 34.8 Å². The number of carbonyl (C=O) groups excluding carboxylic acids is 2. The molecule has 1 N–H and O–H groups in total. The minimum atomic E-state index is -0.580. The van der Waals surface area contributed by atoms with Gasteiger partial charge in [0, 0.05) is 31.4 Å². The fourth-order valence-electron chi connectivity index (χ4n) is 2.64. The Morgan fingerprint density at radius 2 is 1.67 bits per heavy atom. The first-order valence-corrected chi connectivity index (χ1v) is 9.02. The number of benzene rings is 1. The second kappa shape index (κ2) is 9.71. The number of aromatic nitrogens is 1. The van der Waals surface area contributed by atoms with Gasteiger partial charge >= 0.3 is 0 Å². The highest BCUT2D eigenvalue weighted by atomic mass is 16.5. The summed E-state index contributed by atoms with van der Waals surface area (Å²) in [5.74, 6) is 0.314. The first-order chi connectivity index (χ1) is 12.9. The molecule has 6 nitrogen and oxygen atoms in total. The van der Waals surface area contributed by atoms with Gasteiger partial charge in [-0.2, -0.15) is 0 Å². The van der Waals surface area contributed by atoms with Gasteiger partial charge in [-0.3, -0.25) is 14.6 Å². The molecular weight excluding hydrogens is 342 g/mol. The summed E-state index contributed by atoms with van der Waals surface area (Å²) < 4.78 is 5.17. The quantitative estimate of drug-likeness (QED) is 0.777. The Labute approximate surface area is 160 Å². The second-order valence-electron chi connectivity index (χ2n) is 6.72. The molecule has 2 aromatic rings. The van der Waals surface area contributed by atoms with Crippen LogP contribution in [0.25, 0.3) is 0 Å². The molecule has 1 aromatic heterocycles. The average Bonchev–Trinajstić information content (AvgIpc) is 2.70. The Morgan fingerprint density at radius 1 is 1.04 bits per heavy atom. The van der Waals surface area contributed by atoms with E-state index >= 15 is 0 Å². The van der Waals surface area contributed by atoms with Gasteiger partial charge in [-0.05, 0) is 42.3 Å². The Hall–Kier alpha value is -2.89. The fourth-order valence-corrected chi connectivity index (χ4v) is 2.64. The molecule has 1 heterocycles. The molecule has 0 radical (unpaired) electrons. The number of amides is 2. The van der Waals surface area contributed by atoms with Crippen molar-refractivity contribution < 1.29 is 14.3 Å².